The van der Waals surface area contributed by atoms with Crippen LogP contribution in [-0.4, -0.2) is 37.1 Å². The van der Waals surface area contributed by atoms with E-state index >= 15 is 0 Å². The Morgan fingerprint density at radius 1 is 1.29 bits per heavy atom. The lowest BCUT2D eigenvalue weighted by atomic mass is 9.85. The largest absolute Gasteiger partial charge is 0.312 e. The molecule has 2 atom stereocenters. The number of likely N-dealkylation sites (N-methyl/N-ethyl adjacent to an activating group) is 1. The number of hydrogen-bond donors (Lipinski definition) is 1. The molecule has 0 aromatic heterocycles. The third-order valence-corrected chi connectivity index (χ3v) is 4.12. The standard InChI is InChI=1S/C15H32N2/c1-6-13-9-8-10-17(11-13)12-14(16-7-2)15(3,4)5/h13-14,16H,6-12H2,1-5H3. The van der Waals surface area contributed by atoms with Gasteiger partial charge in [-0.2, -0.15) is 0 Å². The van der Waals surface area contributed by atoms with Gasteiger partial charge in [0.2, 0.25) is 0 Å². The maximum atomic E-state index is 3.66. The molecule has 0 radical (unpaired) electrons. The molecule has 102 valence electrons. The maximum Gasteiger partial charge on any atom is 0.0243 e. The second-order valence-corrected chi connectivity index (χ2v) is 6.65. The number of rotatable bonds is 5. The zero-order valence-corrected chi connectivity index (χ0v) is 12.6. The molecule has 1 rings (SSSR count). The van der Waals surface area contributed by atoms with Crippen molar-refractivity contribution in [3.8, 4) is 0 Å². The van der Waals surface area contributed by atoms with Gasteiger partial charge in [0.15, 0.2) is 0 Å². The monoisotopic (exact) mass is 240 g/mol. The van der Waals surface area contributed by atoms with Crippen molar-refractivity contribution < 1.29 is 0 Å². The highest BCUT2D eigenvalue weighted by atomic mass is 15.2. The third-order valence-electron chi connectivity index (χ3n) is 4.12. The Bertz CT molecular complexity index is 207. The highest BCUT2D eigenvalue weighted by Gasteiger charge is 2.27. The van der Waals surface area contributed by atoms with Gasteiger partial charge < -0.3 is 10.2 Å². The molecule has 0 bridgehead atoms. The quantitative estimate of drug-likeness (QED) is 0.794. The van der Waals surface area contributed by atoms with E-state index in [0.29, 0.717) is 11.5 Å². The number of nitrogens with one attached hydrogen (secondary N) is 1. The molecule has 0 aromatic carbocycles. The van der Waals surface area contributed by atoms with Crippen molar-refractivity contribution in [1.82, 2.24) is 10.2 Å². The van der Waals surface area contributed by atoms with Gasteiger partial charge in [0.1, 0.15) is 0 Å². The van der Waals surface area contributed by atoms with Gasteiger partial charge in [-0.1, -0.05) is 41.0 Å². The van der Waals surface area contributed by atoms with Gasteiger partial charge in [-0.15, -0.1) is 0 Å². The first-order valence-corrected chi connectivity index (χ1v) is 7.43. The Morgan fingerprint density at radius 2 is 2.00 bits per heavy atom. The van der Waals surface area contributed by atoms with E-state index in [1.165, 1.54) is 38.9 Å². The van der Waals surface area contributed by atoms with Crippen molar-refractivity contribution in [3.63, 3.8) is 0 Å². The summed E-state index contributed by atoms with van der Waals surface area (Å²) in [5, 5.41) is 3.66. The summed E-state index contributed by atoms with van der Waals surface area (Å²) in [6, 6.07) is 0.614. The van der Waals surface area contributed by atoms with E-state index < -0.39 is 0 Å². The molecule has 1 aliphatic rings. The third kappa shape index (κ3) is 4.97. The predicted octanol–water partition coefficient (Wildman–Crippen LogP) is 3.13. The molecule has 0 aliphatic carbocycles. The van der Waals surface area contributed by atoms with Crippen LogP contribution in [0, 0.1) is 11.3 Å². The molecule has 1 N–H and O–H groups in total. The molecule has 0 spiro atoms. The fourth-order valence-corrected chi connectivity index (χ4v) is 2.80. The van der Waals surface area contributed by atoms with Gasteiger partial charge in [-0.3, -0.25) is 0 Å². The minimum Gasteiger partial charge on any atom is -0.312 e. The van der Waals surface area contributed by atoms with Crippen LogP contribution in [0.15, 0.2) is 0 Å². The highest BCUT2D eigenvalue weighted by molar-refractivity contribution is 4.85. The average molecular weight is 240 g/mol. The molecule has 1 heterocycles. The van der Waals surface area contributed by atoms with E-state index in [2.05, 4.69) is 44.8 Å². The highest BCUT2D eigenvalue weighted by Crippen LogP contribution is 2.24. The summed E-state index contributed by atoms with van der Waals surface area (Å²) in [7, 11) is 0. The topological polar surface area (TPSA) is 15.3 Å². The molecule has 1 fully saturated rings. The zero-order valence-electron chi connectivity index (χ0n) is 12.6. The van der Waals surface area contributed by atoms with Crippen LogP contribution in [-0.2, 0) is 0 Å². The van der Waals surface area contributed by atoms with Crippen LogP contribution in [0.4, 0.5) is 0 Å². The van der Waals surface area contributed by atoms with E-state index in [1.807, 2.05) is 0 Å². The first-order chi connectivity index (χ1) is 7.97. The van der Waals surface area contributed by atoms with E-state index in [1.54, 1.807) is 0 Å². The molecule has 0 amide bonds. The van der Waals surface area contributed by atoms with Gasteiger partial charge in [-0.05, 0) is 37.3 Å². The van der Waals surface area contributed by atoms with Crippen molar-refractivity contribution >= 4 is 0 Å². The Kier molecular flexibility index (Phi) is 5.94. The van der Waals surface area contributed by atoms with Crippen LogP contribution in [0.3, 0.4) is 0 Å². The van der Waals surface area contributed by atoms with Gasteiger partial charge in [-0.25, -0.2) is 0 Å². The predicted molar refractivity (Wildman–Crippen MR) is 76.4 cm³/mol. The van der Waals surface area contributed by atoms with Crippen LogP contribution in [0.5, 0.6) is 0 Å². The smallest absolute Gasteiger partial charge is 0.0243 e. The lowest BCUT2D eigenvalue weighted by Gasteiger charge is -2.39. The summed E-state index contributed by atoms with van der Waals surface area (Å²) in [6.07, 6.45) is 4.17. The Labute approximate surface area is 108 Å². The Hall–Kier alpha value is -0.0800. The van der Waals surface area contributed by atoms with Crippen LogP contribution in [0.1, 0.15) is 53.9 Å². The second-order valence-electron chi connectivity index (χ2n) is 6.65. The molecule has 2 unspecified atom stereocenters. The number of likely N-dealkylation sites (tertiary alicyclic amines) is 1. The van der Waals surface area contributed by atoms with E-state index in [0.717, 1.165) is 12.5 Å². The minimum absolute atomic E-state index is 0.356. The van der Waals surface area contributed by atoms with Gasteiger partial charge in [0, 0.05) is 19.1 Å². The van der Waals surface area contributed by atoms with Crippen molar-refractivity contribution in [3.05, 3.63) is 0 Å². The van der Waals surface area contributed by atoms with Crippen LogP contribution >= 0.6 is 0 Å². The van der Waals surface area contributed by atoms with Gasteiger partial charge in [0.25, 0.3) is 0 Å². The van der Waals surface area contributed by atoms with E-state index in [9.17, 15) is 0 Å². The number of hydrogen-bond acceptors (Lipinski definition) is 2. The maximum absolute atomic E-state index is 3.66. The Morgan fingerprint density at radius 3 is 2.53 bits per heavy atom. The van der Waals surface area contributed by atoms with Crippen LogP contribution < -0.4 is 5.32 Å². The van der Waals surface area contributed by atoms with Gasteiger partial charge >= 0.3 is 0 Å². The fourth-order valence-electron chi connectivity index (χ4n) is 2.80. The van der Waals surface area contributed by atoms with Gasteiger partial charge in [0.05, 0.1) is 0 Å². The lowest BCUT2D eigenvalue weighted by Crippen LogP contribution is -2.50. The first kappa shape index (κ1) is 15.0. The summed E-state index contributed by atoms with van der Waals surface area (Å²) in [5.41, 5.74) is 0.356. The molecule has 1 saturated heterocycles. The van der Waals surface area contributed by atoms with Crippen molar-refractivity contribution in [1.29, 1.82) is 0 Å². The second kappa shape index (κ2) is 6.75. The number of piperidine rings is 1. The normalized spacial score (nSPS) is 24.9. The molecule has 2 nitrogen and oxygen atoms in total. The van der Waals surface area contributed by atoms with Crippen molar-refractivity contribution in [2.75, 3.05) is 26.2 Å². The molecular weight excluding hydrogens is 208 g/mol. The Balaban J connectivity index is 2.48. The van der Waals surface area contributed by atoms with Crippen molar-refractivity contribution in [2.24, 2.45) is 11.3 Å². The number of nitrogens with zero attached hydrogens (tertiary/aromatic N) is 1. The van der Waals surface area contributed by atoms with Crippen molar-refractivity contribution in [2.45, 2.75) is 59.9 Å². The summed E-state index contributed by atoms with van der Waals surface area (Å²) in [6.45, 7) is 16.5. The van der Waals surface area contributed by atoms with Crippen LogP contribution in [0.25, 0.3) is 0 Å². The summed E-state index contributed by atoms with van der Waals surface area (Å²) >= 11 is 0. The lowest BCUT2D eigenvalue weighted by molar-refractivity contribution is 0.124. The van der Waals surface area contributed by atoms with Crippen LogP contribution in [0.2, 0.25) is 0 Å². The zero-order chi connectivity index (χ0) is 12.9. The molecular formula is C15H32N2. The minimum atomic E-state index is 0.356. The fraction of sp³-hybridized carbons (Fsp3) is 1.00. The molecule has 17 heavy (non-hydrogen) atoms. The summed E-state index contributed by atoms with van der Waals surface area (Å²) in [4.78, 5) is 2.68. The van der Waals surface area contributed by atoms with E-state index in [-0.39, 0.29) is 0 Å². The molecule has 2 heteroatoms. The summed E-state index contributed by atoms with van der Waals surface area (Å²) in [5.74, 6) is 0.936. The SMILES string of the molecule is CCNC(CN1CCCC(CC)C1)C(C)(C)C. The molecule has 0 saturated carbocycles. The first-order valence-electron chi connectivity index (χ1n) is 7.43. The van der Waals surface area contributed by atoms with E-state index in [4.69, 9.17) is 0 Å². The molecule has 1 aliphatic heterocycles. The summed E-state index contributed by atoms with van der Waals surface area (Å²) < 4.78 is 0. The average Bonchev–Trinajstić information content (AvgIpc) is 2.27. The molecule has 0 aromatic rings.